The van der Waals surface area contributed by atoms with Crippen molar-refractivity contribution in [3.63, 3.8) is 0 Å². The number of esters is 1. The van der Waals surface area contributed by atoms with Gasteiger partial charge in [0.05, 0.1) is 6.42 Å². The van der Waals surface area contributed by atoms with Crippen molar-refractivity contribution in [1.82, 2.24) is 0 Å². The van der Waals surface area contributed by atoms with E-state index < -0.39 is 0 Å². The Bertz CT molecular complexity index is 438. The van der Waals surface area contributed by atoms with E-state index in [1.807, 2.05) is 12.1 Å². The maximum Gasteiger partial charge on any atom is 0.306 e. The zero-order valence-electron chi connectivity index (χ0n) is 11.7. The van der Waals surface area contributed by atoms with E-state index in [-0.39, 0.29) is 11.4 Å². The molecular weight excluding hydrogens is 274 g/mol. The lowest BCUT2D eigenvalue weighted by Gasteiger charge is -2.35. The van der Waals surface area contributed by atoms with E-state index in [4.69, 9.17) is 22.1 Å². The van der Waals surface area contributed by atoms with Crippen molar-refractivity contribution >= 4 is 17.6 Å². The van der Waals surface area contributed by atoms with Crippen molar-refractivity contribution in [2.75, 3.05) is 6.54 Å². The van der Waals surface area contributed by atoms with E-state index >= 15 is 0 Å². The lowest BCUT2D eigenvalue weighted by molar-refractivity contribution is -0.148. The van der Waals surface area contributed by atoms with Gasteiger partial charge in [-0.1, -0.05) is 43.0 Å². The summed E-state index contributed by atoms with van der Waals surface area (Å²) in [7, 11) is 0. The second-order valence-electron chi connectivity index (χ2n) is 5.73. The van der Waals surface area contributed by atoms with Crippen LogP contribution in [0.5, 0.6) is 0 Å². The summed E-state index contributed by atoms with van der Waals surface area (Å²) in [6, 6.07) is 7.34. The number of ether oxygens (including phenoxy) is 1. The number of benzene rings is 1. The lowest BCUT2D eigenvalue weighted by atomic mass is 9.72. The Kier molecular flexibility index (Phi) is 5.44. The van der Waals surface area contributed by atoms with E-state index in [1.54, 1.807) is 12.1 Å². The molecule has 1 aliphatic rings. The average Bonchev–Trinajstić information content (AvgIpc) is 2.47. The first-order valence-corrected chi connectivity index (χ1v) is 7.61. The average molecular weight is 296 g/mol. The highest BCUT2D eigenvalue weighted by atomic mass is 35.5. The fraction of sp³-hybridized carbons (Fsp3) is 0.562. The lowest BCUT2D eigenvalue weighted by Crippen LogP contribution is -2.35. The van der Waals surface area contributed by atoms with Gasteiger partial charge in [0.2, 0.25) is 0 Å². The number of carbonyl (C=O) groups excluding carboxylic acids is 1. The highest BCUT2D eigenvalue weighted by Crippen LogP contribution is 2.38. The fourth-order valence-electron chi connectivity index (χ4n) is 2.86. The Hall–Kier alpha value is -1.06. The van der Waals surface area contributed by atoms with Crippen LogP contribution in [0.2, 0.25) is 5.02 Å². The first kappa shape index (κ1) is 15.3. The van der Waals surface area contributed by atoms with E-state index in [9.17, 15) is 4.79 Å². The third-order valence-electron chi connectivity index (χ3n) is 4.18. The molecule has 0 atom stereocenters. The summed E-state index contributed by atoms with van der Waals surface area (Å²) in [4.78, 5) is 12.0. The SMILES string of the molecule is NCC1(CC(=O)OCc2ccc(Cl)cc2)CCCCC1. The van der Waals surface area contributed by atoms with Crippen LogP contribution in [0, 0.1) is 5.41 Å². The Morgan fingerprint density at radius 3 is 2.45 bits per heavy atom. The second-order valence-corrected chi connectivity index (χ2v) is 6.17. The van der Waals surface area contributed by atoms with Gasteiger partial charge in [0.15, 0.2) is 0 Å². The number of halogens is 1. The van der Waals surface area contributed by atoms with Crippen LogP contribution in [-0.2, 0) is 16.1 Å². The van der Waals surface area contributed by atoms with Crippen LogP contribution in [-0.4, -0.2) is 12.5 Å². The van der Waals surface area contributed by atoms with Crippen molar-refractivity contribution in [3.8, 4) is 0 Å². The summed E-state index contributed by atoms with van der Waals surface area (Å²) in [5.74, 6) is -0.146. The van der Waals surface area contributed by atoms with Crippen molar-refractivity contribution in [2.45, 2.75) is 45.1 Å². The normalized spacial score (nSPS) is 17.7. The number of nitrogens with two attached hydrogens (primary N) is 1. The fourth-order valence-corrected chi connectivity index (χ4v) is 2.98. The number of carbonyl (C=O) groups is 1. The second kappa shape index (κ2) is 7.09. The monoisotopic (exact) mass is 295 g/mol. The maximum absolute atomic E-state index is 12.0. The zero-order valence-corrected chi connectivity index (χ0v) is 12.5. The molecule has 110 valence electrons. The van der Waals surface area contributed by atoms with Crippen molar-refractivity contribution < 1.29 is 9.53 Å². The molecule has 1 saturated carbocycles. The summed E-state index contributed by atoms with van der Waals surface area (Å²) >= 11 is 5.82. The van der Waals surface area contributed by atoms with Crippen LogP contribution >= 0.6 is 11.6 Å². The quantitative estimate of drug-likeness (QED) is 0.843. The maximum atomic E-state index is 12.0. The van der Waals surface area contributed by atoms with Gasteiger partial charge >= 0.3 is 5.97 Å². The van der Waals surface area contributed by atoms with Gasteiger partial charge < -0.3 is 10.5 Å². The van der Waals surface area contributed by atoms with Crippen LogP contribution in [0.1, 0.15) is 44.1 Å². The minimum Gasteiger partial charge on any atom is -0.461 e. The molecule has 0 spiro atoms. The molecule has 0 bridgehead atoms. The minimum atomic E-state index is -0.146. The number of hydrogen-bond acceptors (Lipinski definition) is 3. The van der Waals surface area contributed by atoms with Gasteiger partial charge in [-0.05, 0) is 42.5 Å². The van der Waals surface area contributed by atoms with E-state index in [1.165, 1.54) is 19.3 Å². The predicted octanol–water partition coefficient (Wildman–Crippen LogP) is 3.68. The summed E-state index contributed by atoms with van der Waals surface area (Å²) in [5.41, 5.74) is 6.81. The molecule has 0 amide bonds. The molecule has 2 N–H and O–H groups in total. The molecule has 0 saturated heterocycles. The van der Waals surface area contributed by atoms with Gasteiger partial charge in [-0.25, -0.2) is 0 Å². The smallest absolute Gasteiger partial charge is 0.306 e. The standard InChI is InChI=1S/C16H22ClNO2/c17-14-6-4-13(5-7-14)11-20-15(19)10-16(12-18)8-2-1-3-9-16/h4-7H,1-3,8-12,18H2. The zero-order chi connectivity index (χ0) is 14.4. The van der Waals surface area contributed by atoms with Gasteiger partial charge in [0.1, 0.15) is 6.61 Å². The summed E-state index contributed by atoms with van der Waals surface area (Å²) in [5, 5.41) is 0.685. The molecule has 0 aromatic heterocycles. The highest BCUT2D eigenvalue weighted by molar-refractivity contribution is 6.30. The van der Waals surface area contributed by atoms with Crippen molar-refractivity contribution in [3.05, 3.63) is 34.9 Å². The van der Waals surface area contributed by atoms with Crippen LogP contribution in [0.25, 0.3) is 0 Å². The van der Waals surface area contributed by atoms with Gasteiger partial charge in [0.25, 0.3) is 0 Å². The Labute approximate surface area is 125 Å². The number of hydrogen-bond donors (Lipinski definition) is 1. The molecule has 0 aliphatic heterocycles. The van der Waals surface area contributed by atoms with E-state index in [0.717, 1.165) is 18.4 Å². The first-order chi connectivity index (χ1) is 9.63. The van der Waals surface area contributed by atoms with Crippen molar-refractivity contribution in [1.29, 1.82) is 0 Å². The Morgan fingerprint density at radius 1 is 1.20 bits per heavy atom. The predicted molar refractivity (Wildman–Crippen MR) is 80.4 cm³/mol. The summed E-state index contributed by atoms with van der Waals surface area (Å²) < 4.78 is 5.36. The van der Waals surface area contributed by atoms with Crippen LogP contribution < -0.4 is 5.73 Å². The topological polar surface area (TPSA) is 52.3 Å². The molecule has 4 heteroatoms. The molecule has 1 aliphatic carbocycles. The van der Waals surface area contributed by atoms with Gasteiger partial charge in [-0.3, -0.25) is 4.79 Å². The molecule has 1 aromatic rings. The third-order valence-corrected chi connectivity index (χ3v) is 4.43. The van der Waals surface area contributed by atoms with Gasteiger partial charge in [-0.15, -0.1) is 0 Å². The molecular formula is C16H22ClNO2. The largest absolute Gasteiger partial charge is 0.461 e. The third kappa shape index (κ3) is 4.22. The molecule has 3 nitrogen and oxygen atoms in total. The highest BCUT2D eigenvalue weighted by Gasteiger charge is 2.33. The minimum absolute atomic E-state index is 0.0324. The Morgan fingerprint density at radius 2 is 1.85 bits per heavy atom. The summed E-state index contributed by atoms with van der Waals surface area (Å²) in [6.45, 7) is 0.875. The Balaban J connectivity index is 1.83. The van der Waals surface area contributed by atoms with E-state index in [2.05, 4.69) is 0 Å². The molecule has 2 rings (SSSR count). The number of rotatable bonds is 5. The summed E-state index contributed by atoms with van der Waals surface area (Å²) in [6.07, 6.45) is 6.11. The van der Waals surface area contributed by atoms with Crippen molar-refractivity contribution in [2.24, 2.45) is 11.1 Å². The van der Waals surface area contributed by atoms with E-state index in [0.29, 0.717) is 24.6 Å². The van der Waals surface area contributed by atoms with Gasteiger partial charge in [0, 0.05) is 5.02 Å². The molecule has 0 heterocycles. The van der Waals surface area contributed by atoms with Crippen LogP contribution in [0.4, 0.5) is 0 Å². The van der Waals surface area contributed by atoms with Gasteiger partial charge in [-0.2, -0.15) is 0 Å². The molecule has 20 heavy (non-hydrogen) atoms. The molecule has 1 fully saturated rings. The first-order valence-electron chi connectivity index (χ1n) is 7.24. The van der Waals surface area contributed by atoms with Crippen LogP contribution in [0.15, 0.2) is 24.3 Å². The molecule has 1 aromatic carbocycles. The molecule has 0 unspecified atom stereocenters. The molecule has 0 radical (unpaired) electrons. The van der Waals surface area contributed by atoms with Crippen LogP contribution in [0.3, 0.4) is 0 Å².